The highest BCUT2D eigenvalue weighted by Gasteiger charge is 2.38. The Kier molecular flexibility index (Phi) is 9.55. The number of rotatable bonds is 7. The molecule has 0 saturated heterocycles. The predicted octanol–water partition coefficient (Wildman–Crippen LogP) is 5.87. The second-order valence-electron chi connectivity index (χ2n) is 8.78. The molecule has 3 aromatic carbocycles. The van der Waals surface area contributed by atoms with Gasteiger partial charge in [0.15, 0.2) is 5.01 Å². The summed E-state index contributed by atoms with van der Waals surface area (Å²) < 4.78 is 32.7. The van der Waals surface area contributed by atoms with Crippen molar-refractivity contribution < 1.29 is 32.7 Å². The number of hydrogen-bond donors (Lipinski definition) is 3. The summed E-state index contributed by atoms with van der Waals surface area (Å²) in [5, 5.41) is 10.4. The van der Waals surface area contributed by atoms with Crippen LogP contribution in [0.25, 0.3) is 10.2 Å². The zero-order valence-electron chi connectivity index (χ0n) is 21.0. The number of hydrogen-bond acceptors (Lipinski definition) is 6. The Balaban J connectivity index is 0.000000532. The van der Waals surface area contributed by atoms with Crippen LogP contribution in [0.15, 0.2) is 72.8 Å². The first-order valence-electron chi connectivity index (χ1n) is 11.8. The minimum absolute atomic E-state index is 0.237. The first-order chi connectivity index (χ1) is 18.4. The van der Waals surface area contributed by atoms with Gasteiger partial charge in [-0.2, -0.15) is 13.2 Å². The van der Waals surface area contributed by atoms with Crippen LogP contribution in [-0.2, 0) is 11.3 Å². The molecule has 0 saturated carbocycles. The van der Waals surface area contributed by atoms with Crippen molar-refractivity contribution in [1.82, 2.24) is 10.3 Å². The molecule has 0 aliphatic heterocycles. The van der Waals surface area contributed by atoms with E-state index in [1.54, 1.807) is 12.1 Å². The van der Waals surface area contributed by atoms with Crippen LogP contribution in [0.4, 0.5) is 13.2 Å². The largest absolute Gasteiger partial charge is 0.490 e. The summed E-state index contributed by atoms with van der Waals surface area (Å²) in [6, 6.07) is 21.7. The molecule has 0 spiro atoms. The Hall–Kier alpha value is -4.09. The lowest BCUT2D eigenvalue weighted by Gasteiger charge is -2.18. The number of carboxylic acids is 1. The van der Waals surface area contributed by atoms with Crippen molar-refractivity contribution in [1.29, 1.82) is 0 Å². The average Bonchev–Trinajstić information content (AvgIpc) is 3.36. The number of benzene rings is 3. The highest BCUT2D eigenvalue weighted by atomic mass is 32.1. The third kappa shape index (κ3) is 7.71. The molecule has 1 unspecified atom stereocenters. The Morgan fingerprint density at radius 3 is 2.03 bits per heavy atom. The van der Waals surface area contributed by atoms with Crippen molar-refractivity contribution in [2.75, 3.05) is 0 Å². The van der Waals surface area contributed by atoms with E-state index < -0.39 is 18.2 Å². The first-order valence-corrected chi connectivity index (χ1v) is 12.6. The summed E-state index contributed by atoms with van der Waals surface area (Å²) in [5.74, 6) is -2.92. The molecule has 7 nitrogen and oxygen atoms in total. The second kappa shape index (κ2) is 12.6. The van der Waals surface area contributed by atoms with Crippen LogP contribution in [0, 0.1) is 0 Å². The maximum atomic E-state index is 13.5. The minimum atomic E-state index is -5.08. The third-order valence-electron chi connectivity index (χ3n) is 5.67. The van der Waals surface area contributed by atoms with Gasteiger partial charge in [0, 0.05) is 12.1 Å². The van der Waals surface area contributed by atoms with Crippen molar-refractivity contribution in [2.45, 2.75) is 38.5 Å². The highest BCUT2D eigenvalue weighted by molar-refractivity contribution is 7.20. The van der Waals surface area contributed by atoms with Gasteiger partial charge in [-0.15, -0.1) is 11.3 Å². The molecular formula is C28H26F3N3O4S. The van der Waals surface area contributed by atoms with Crippen LogP contribution < -0.4 is 11.1 Å². The van der Waals surface area contributed by atoms with Gasteiger partial charge in [-0.05, 0) is 46.9 Å². The highest BCUT2D eigenvalue weighted by Crippen LogP contribution is 2.27. The Morgan fingerprint density at radius 1 is 0.949 bits per heavy atom. The van der Waals surface area contributed by atoms with Gasteiger partial charge in [-0.25, -0.2) is 9.78 Å². The van der Waals surface area contributed by atoms with Gasteiger partial charge >= 0.3 is 12.1 Å². The van der Waals surface area contributed by atoms with Crippen molar-refractivity contribution in [3.05, 3.63) is 100 Å². The standard InChI is InChI=1S/C26H25N3O2S.C2HF3O2/c1-16(2)18-11-13-20(14-12-18)25(31)29-23(19-9-7-17(15-27)8-10-19)24(30)26-28-21-5-3-4-6-22(21)32-26;3-2(4,5)1(6)7/h3-14,16,23H,15,27H2,1-2H3,(H,29,31);(H,6,7). The fraction of sp³-hybridized carbons (Fsp3) is 0.214. The summed E-state index contributed by atoms with van der Waals surface area (Å²) >= 11 is 1.33. The van der Waals surface area contributed by atoms with Crippen molar-refractivity contribution in [3.8, 4) is 0 Å². The van der Waals surface area contributed by atoms with E-state index in [2.05, 4.69) is 24.1 Å². The lowest BCUT2D eigenvalue weighted by Crippen LogP contribution is -2.34. The Morgan fingerprint density at radius 2 is 1.51 bits per heavy atom. The van der Waals surface area contributed by atoms with Gasteiger partial charge in [0.05, 0.1) is 10.2 Å². The number of nitrogens with zero attached hydrogens (tertiary/aromatic N) is 1. The van der Waals surface area contributed by atoms with E-state index >= 15 is 0 Å². The van der Waals surface area contributed by atoms with E-state index in [9.17, 15) is 22.8 Å². The van der Waals surface area contributed by atoms with Crippen molar-refractivity contribution >= 4 is 39.2 Å². The average molecular weight is 558 g/mol. The maximum Gasteiger partial charge on any atom is 0.490 e. The Labute approximate surface area is 226 Å². The summed E-state index contributed by atoms with van der Waals surface area (Å²) in [7, 11) is 0. The van der Waals surface area contributed by atoms with E-state index in [1.807, 2.05) is 60.7 Å². The fourth-order valence-electron chi connectivity index (χ4n) is 3.48. The molecule has 1 amide bonds. The van der Waals surface area contributed by atoms with E-state index in [0.717, 1.165) is 21.3 Å². The molecule has 0 radical (unpaired) electrons. The molecule has 1 atom stereocenters. The molecule has 0 fully saturated rings. The number of nitrogens with one attached hydrogen (secondary N) is 1. The van der Waals surface area contributed by atoms with Crippen LogP contribution in [0.5, 0.6) is 0 Å². The second-order valence-corrected chi connectivity index (χ2v) is 9.81. The fourth-order valence-corrected chi connectivity index (χ4v) is 4.42. The molecule has 1 aromatic heterocycles. The number of halogens is 3. The number of para-hydroxylation sites is 1. The van der Waals surface area contributed by atoms with Gasteiger partial charge in [0.25, 0.3) is 5.91 Å². The molecule has 4 aromatic rings. The molecule has 0 bridgehead atoms. The number of carbonyl (C=O) groups is 3. The van der Waals surface area contributed by atoms with E-state index in [-0.39, 0.29) is 11.7 Å². The van der Waals surface area contributed by atoms with E-state index in [4.69, 9.17) is 15.6 Å². The van der Waals surface area contributed by atoms with Gasteiger partial charge in [0.2, 0.25) is 5.78 Å². The normalized spacial score (nSPS) is 12.0. The number of carboxylic acid groups (broad SMARTS) is 1. The molecule has 204 valence electrons. The number of thiazole rings is 1. The third-order valence-corrected chi connectivity index (χ3v) is 6.72. The summed E-state index contributed by atoms with van der Waals surface area (Å²) in [6.07, 6.45) is -5.08. The maximum absolute atomic E-state index is 13.5. The lowest BCUT2D eigenvalue weighted by molar-refractivity contribution is -0.192. The monoisotopic (exact) mass is 557 g/mol. The number of carbonyl (C=O) groups excluding carboxylic acids is 2. The molecule has 11 heteroatoms. The zero-order chi connectivity index (χ0) is 28.7. The van der Waals surface area contributed by atoms with Crippen LogP contribution in [0.1, 0.15) is 62.7 Å². The predicted molar refractivity (Wildman–Crippen MR) is 143 cm³/mol. The lowest BCUT2D eigenvalue weighted by atomic mass is 9.99. The van der Waals surface area contributed by atoms with Gasteiger partial charge in [0.1, 0.15) is 6.04 Å². The molecule has 1 heterocycles. The van der Waals surface area contributed by atoms with E-state index in [1.165, 1.54) is 11.3 Å². The van der Waals surface area contributed by atoms with Crippen LogP contribution >= 0.6 is 11.3 Å². The number of amides is 1. The minimum Gasteiger partial charge on any atom is -0.475 e. The summed E-state index contributed by atoms with van der Waals surface area (Å²) in [5.41, 5.74) is 9.80. The van der Waals surface area contributed by atoms with Crippen LogP contribution in [0.2, 0.25) is 0 Å². The first kappa shape index (κ1) is 29.5. The van der Waals surface area contributed by atoms with Gasteiger partial charge in [-0.1, -0.05) is 62.4 Å². The molecule has 4 N–H and O–H groups in total. The Bertz CT molecular complexity index is 1420. The summed E-state index contributed by atoms with van der Waals surface area (Å²) in [6.45, 7) is 4.62. The topological polar surface area (TPSA) is 122 Å². The quantitative estimate of drug-likeness (QED) is 0.245. The number of aromatic nitrogens is 1. The van der Waals surface area contributed by atoms with E-state index in [0.29, 0.717) is 28.6 Å². The number of ketones is 1. The molecule has 4 rings (SSSR count). The molecule has 0 aliphatic carbocycles. The zero-order valence-corrected chi connectivity index (χ0v) is 21.8. The molecule has 0 aliphatic rings. The molecular weight excluding hydrogens is 531 g/mol. The van der Waals surface area contributed by atoms with Gasteiger partial charge < -0.3 is 16.2 Å². The van der Waals surface area contributed by atoms with Crippen LogP contribution in [-0.4, -0.2) is 33.9 Å². The molecule has 39 heavy (non-hydrogen) atoms. The van der Waals surface area contributed by atoms with Crippen molar-refractivity contribution in [2.24, 2.45) is 5.73 Å². The smallest absolute Gasteiger partial charge is 0.475 e. The number of aliphatic carboxylic acids is 1. The van der Waals surface area contributed by atoms with Gasteiger partial charge in [-0.3, -0.25) is 9.59 Å². The number of nitrogens with two attached hydrogens (primary N) is 1. The number of Topliss-reactive ketones (excluding diaryl/α,β-unsaturated/α-hetero) is 1. The number of alkyl halides is 3. The van der Waals surface area contributed by atoms with Crippen LogP contribution in [0.3, 0.4) is 0 Å². The van der Waals surface area contributed by atoms with Crippen molar-refractivity contribution in [3.63, 3.8) is 0 Å². The summed E-state index contributed by atoms with van der Waals surface area (Å²) in [4.78, 5) is 39.9. The number of fused-ring (bicyclic) bond motifs is 1. The SMILES string of the molecule is CC(C)c1ccc(C(=O)NC(C(=O)c2nc3ccccc3s2)c2ccc(CN)cc2)cc1.O=C(O)C(F)(F)F.